The van der Waals surface area contributed by atoms with Crippen molar-refractivity contribution < 1.29 is 4.92 Å². The van der Waals surface area contributed by atoms with Crippen molar-refractivity contribution in [2.75, 3.05) is 0 Å². The highest BCUT2D eigenvalue weighted by Gasteiger charge is 2.18. The molecule has 3 aromatic rings. The van der Waals surface area contributed by atoms with E-state index in [2.05, 4.69) is 63.5 Å². The van der Waals surface area contributed by atoms with Gasteiger partial charge in [-0.2, -0.15) is 0 Å². The van der Waals surface area contributed by atoms with Gasteiger partial charge in [0.25, 0.3) is 11.2 Å². The molecule has 34 heavy (non-hydrogen) atoms. The molecule has 0 aliphatic heterocycles. The van der Waals surface area contributed by atoms with Gasteiger partial charge in [-0.15, -0.1) is 5.10 Å². The van der Waals surface area contributed by atoms with Crippen molar-refractivity contribution in [2.24, 2.45) is 11.3 Å². The van der Waals surface area contributed by atoms with E-state index >= 15 is 0 Å². The van der Waals surface area contributed by atoms with Crippen molar-refractivity contribution >= 4 is 11.2 Å². The Balaban J connectivity index is 0.000000372. The van der Waals surface area contributed by atoms with E-state index in [0.717, 1.165) is 5.92 Å². The summed E-state index contributed by atoms with van der Waals surface area (Å²) in [4.78, 5) is 29.2. The Morgan fingerprint density at radius 2 is 1.76 bits per heavy atom. The zero-order valence-corrected chi connectivity index (χ0v) is 22.0. The summed E-state index contributed by atoms with van der Waals surface area (Å²) in [5.74, 6) is 1.12. The summed E-state index contributed by atoms with van der Waals surface area (Å²) in [5, 5.41) is 15.1. The molecular weight excluding hydrogens is 430 g/mol. The summed E-state index contributed by atoms with van der Waals surface area (Å²) in [5.41, 5.74) is 1.66. The van der Waals surface area contributed by atoms with Crippen LogP contribution >= 0.6 is 0 Å². The van der Waals surface area contributed by atoms with Crippen molar-refractivity contribution in [2.45, 2.75) is 87.5 Å². The highest BCUT2D eigenvalue weighted by molar-refractivity contribution is 5.60. The second kappa shape index (κ2) is 13.6. The molecule has 0 aliphatic rings. The molecule has 1 aromatic carbocycles. The minimum Gasteiger partial charge on any atom is -0.303 e. The second-order valence-corrected chi connectivity index (χ2v) is 9.50. The number of aromatic amines is 1. The molecule has 2 aromatic heterocycles. The van der Waals surface area contributed by atoms with Crippen LogP contribution in [0.5, 0.6) is 0 Å². The van der Waals surface area contributed by atoms with E-state index in [0.29, 0.717) is 28.6 Å². The lowest BCUT2D eigenvalue weighted by Gasteiger charge is -2.26. The van der Waals surface area contributed by atoms with Crippen LogP contribution in [0.4, 0.5) is 5.69 Å². The van der Waals surface area contributed by atoms with Gasteiger partial charge in [0, 0.05) is 17.7 Å². The largest absolute Gasteiger partial charge is 0.303 e. The van der Waals surface area contributed by atoms with Crippen LogP contribution in [-0.4, -0.2) is 24.5 Å². The molecule has 0 saturated carbocycles. The number of benzene rings is 1. The maximum Gasteiger partial charge on any atom is 0.277 e. The standard InChI is InChI=1S/C13H11N5O3.C9H20.C4H10/c1-2-10-11-13(19)15-12(16-17(11)7-14-10)8-4-3-5-9(6-8)18(20)21;1-6-7-8(2)9(3,4)5;1-3-4-2/h3-7H,2H2,1H3,(H,15,16,19);8H,6-7H2,1-5H3;3-4H2,1-2H3. The van der Waals surface area contributed by atoms with Gasteiger partial charge in [0.05, 0.1) is 10.6 Å². The summed E-state index contributed by atoms with van der Waals surface area (Å²) >= 11 is 0. The molecule has 8 heteroatoms. The quantitative estimate of drug-likeness (QED) is 0.313. The lowest BCUT2D eigenvalue weighted by molar-refractivity contribution is -0.384. The van der Waals surface area contributed by atoms with Gasteiger partial charge in [0.1, 0.15) is 6.33 Å². The van der Waals surface area contributed by atoms with Crippen molar-refractivity contribution in [3.8, 4) is 11.4 Å². The molecule has 1 N–H and O–H groups in total. The average Bonchev–Trinajstić information content (AvgIpc) is 3.23. The van der Waals surface area contributed by atoms with Crippen LogP contribution in [0.2, 0.25) is 0 Å². The Kier molecular flexibility index (Phi) is 11.6. The molecule has 8 nitrogen and oxygen atoms in total. The zero-order chi connectivity index (χ0) is 25.9. The normalized spacial score (nSPS) is 11.8. The maximum atomic E-state index is 12.1. The van der Waals surface area contributed by atoms with Gasteiger partial charge in [-0.1, -0.05) is 93.2 Å². The smallest absolute Gasteiger partial charge is 0.277 e. The first-order chi connectivity index (χ1) is 16.0. The van der Waals surface area contributed by atoms with Crippen LogP contribution in [0, 0.1) is 21.4 Å². The Morgan fingerprint density at radius 3 is 2.24 bits per heavy atom. The fraction of sp³-hybridized carbons (Fsp3) is 0.577. The van der Waals surface area contributed by atoms with Crippen LogP contribution < -0.4 is 5.56 Å². The van der Waals surface area contributed by atoms with Crippen molar-refractivity contribution in [3.63, 3.8) is 0 Å². The van der Waals surface area contributed by atoms with E-state index in [1.54, 1.807) is 12.1 Å². The molecule has 3 rings (SSSR count). The number of nitro groups is 1. The first-order valence-corrected chi connectivity index (χ1v) is 12.2. The van der Waals surface area contributed by atoms with Crippen molar-refractivity contribution in [1.82, 2.24) is 19.6 Å². The first kappa shape index (κ1) is 29.0. The topological polar surface area (TPSA) is 106 Å². The van der Waals surface area contributed by atoms with E-state index in [-0.39, 0.29) is 17.1 Å². The number of aromatic nitrogens is 4. The van der Waals surface area contributed by atoms with Gasteiger partial charge < -0.3 is 4.98 Å². The average molecular weight is 472 g/mol. The van der Waals surface area contributed by atoms with Crippen LogP contribution in [-0.2, 0) is 6.42 Å². The fourth-order valence-electron chi connectivity index (χ4n) is 3.01. The lowest BCUT2D eigenvalue weighted by atomic mass is 9.80. The Morgan fingerprint density at radius 1 is 1.12 bits per heavy atom. The number of unbranched alkanes of at least 4 members (excludes halogenated alkanes) is 1. The highest BCUT2D eigenvalue weighted by Crippen LogP contribution is 2.28. The number of aryl methyl sites for hydroxylation is 1. The third-order valence-corrected chi connectivity index (χ3v) is 5.85. The fourth-order valence-corrected chi connectivity index (χ4v) is 3.01. The molecular formula is C26H41N5O3. The second-order valence-electron chi connectivity index (χ2n) is 9.50. The van der Waals surface area contributed by atoms with E-state index < -0.39 is 4.92 Å². The Labute approximate surface area is 203 Å². The summed E-state index contributed by atoms with van der Waals surface area (Å²) in [6.45, 7) is 17.8. The first-order valence-electron chi connectivity index (χ1n) is 12.2. The van der Waals surface area contributed by atoms with E-state index in [1.807, 2.05) is 6.92 Å². The molecule has 0 saturated heterocycles. The number of imidazole rings is 1. The third-order valence-electron chi connectivity index (χ3n) is 5.85. The number of nitrogens with zero attached hydrogens (tertiary/aromatic N) is 4. The Bertz CT molecular complexity index is 1090. The van der Waals surface area contributed by atoms with Gasteiger partial charge in [0.15, 0.2) is 11.3 Å². The van der Waals surface area contributed by atoms with Crippen LogP contribution in [0.15, 0.2) is 35.4 Å². The third kappa shape index (κ3) is 8.39. The number of fused-ring (bicyclic) bond motifs is 1. The summed E-state index contributed by atoms with van der Waals surface area (Å²) in [6, 6.07) is 5.94. The molecule has 0 aliphatic carbocycles. The zero-order valence-electron chi connectivity index (χ0n) is 22.0. The molecule has 0 spiro atoms. The van der Waals surface area contributed by atoms with Crippen LogP contribution in [0.3, 0.4) is 0 Å². The molecule has 0 amide bonds. The predicted molar refractivity (Wildman–Crippen MR) is 139 cm³/mol. The van der Waals surface area contributed by atoms with Gasteiger partial charge in [-0.05, 0) is 17.8 Å². The molecule has 1 unspecified atom stereocenters. The number of nitrogens with one attached hydrogen (secondary N) is 1. The van der Waals surface area contributed by atoms with E-state index in [4.69, 9.17) is 0 Å². The predicted octanol–water partition coefficient (Wildman–Crippen LogP) is 6.83. The van der Waals surface area contributed by atoms with Crippen LogP contribution in [0.25, 0.3) is 16.9 Å². The number of H-pyrrole nitrogens is 1. The minimum absolute atomic E-state index is 0.0601. The number of non-ortho nitro benzene ring substituents is 1. The van der Waals surface area contributed by atoms with Crippen LogP contribution in [0.1, 0.15) is 86.8 Å². The Hall–Kier alpha value is -3.03. The summed E-state index contributed by atoms with van der Waals surface area (Å²) in [7, 11) is 0. The minimum atomic E-state index is -0.494. The van der Waals surface area contributed by atoms with E-state index in [9.17, 15) is 14.9 Å². The molecule has 0 fully saturated rings. The SMILES string of the molecule is CCCC.CCCC(C)C(C)(C)C.CCc1ncn2nc(-c3cccc([N+](=O)[O-])c3)[nH]c(=O)c12. The van der Waals surface area contributed by atoms with Gasteiger partial charge in [-0.25, -0.2) is 9.50 Å². The number of hydrogen-bond acceptors (Lipinski definition) is 5. The van der Waals surface area contributed by atoms with Gasteiger partial charge >= 0.3 is 0 Å². The van der Waals surface area contributed by atoms with Gasteiger partial charge in [0.2, 0.25) is 0 Å². The summed E-state index contributed by atoms with van der Waals surface area (Å²) < 4.78 is 1.39. The maximum absolute atomic E-state index is 12.1. The number of rotatable bonds is 6. The molecule has 0 radical (unpaired) electrons. The van der Waals surface area contributed by atoms with Crippen molar-refractivity contribution in [1.29, 1.82) is 0 Å². The monoisotopic (exact) mass is 471 g/mol. The van der Waals surface area contributed by atoms with Crippen molar-refractivity contribution in [3.05, 3.63) is 56.8 Å². The molecule has 1 atom stereocenters. The van der Waals surface area contributed by atoms with E-state index in [1.165, 1.54) is 48.7 Å². The molecule has 0 bridgehead atoms. The molecule has 2 heterocycles. The molecule has 188 valence electrons. The summed E-state index contributed by atoms with van der Waals surface area (Å²) in [6.07, 6.45) is 7.41. The lowest BCUT2D eigenvalue weighted by Crippen LogP contribution is -2.16. The van der Waals surface area contributed by atoms with Gasteiger partial charge in [-0.3, -0.25) is 14.9 Å². The number of hydrogen-bond donors (Lipinski definition) is 1. The number of nitro benzene ring substituents is 1. The highest BCUT2D eigenvalue weighted by atomic mass is 16.6.